The second-order valence-corrected chi connectivity index (χ2v) is 7.50. The van der Waals surface area contributed by atoms with E-state index in [2.05, 4.69) is 0 Å². The Hall–Kier alpha value is -1.06. The summed E-state index contributed by atoms with van der Waals surface area (Å²) in [6.45, 7) is 3.94. The van der Waals surface area contributed by atoms with Gasteiger partial charge in [-0.25, -0.2) is 0 Å². The first kappa shape index (κ1) is 19.3. The number of hydrogen-bond acceptors (Lipinski definition) is 2. The molecule has 0 spiro atoms. The Labute approximate surface area is 148 Å². The third-order valence-electron chi connectivity index (χ3n) is 5.45. The standard InChI is InChI=1S/C20H36N2O2/c23-19(21-15-9-10-16-21)13-7-5-3-1-2-4-6-8-14-20(24)22-17-11-12-18-22/h1-18H2. The van der Waals surface area contributed by atoms with E-state index in [1.807, 2.05) is 9.80 Å². The van der Waals surface area contributed by atoms with E-state index in [4.69, 9.17) is 0 Å². The van der Waals surface area contributed by atoms with Gasteiger partial charge >= 0.3 is 0 Å². The maximum Gasteiger partial charge on any atom is 0.222 e. The van der Waals surface area contributed by atoms with Crippen molar-refractivity contribution >= 4 is 11.8 Å². The highest BCUT2D eigenvalue weighted by atomic mass is 16.2. The molecule has 2 heterocycles. The molecule has 2 fully saturated rings. The normalized spacial score (nSPS) is 17.7. The zero-order valence-corrected chi connectivity index (χ0v) is 15.4. The molecule has 0 aromatic heterocycles. The predicted octanol–water partition coefficient (Wildman–Crippen LogP) is 4.13. The zero-order valence-electron chi connectivity index (χ0n) is 15.4. The van der Waals surface area contributed by atoms with Gasteiger partial charge in [0.2, 0.25) is 11.8 Å². The van der Waals surface area contributed by atoms with E-state index in [0.717, 1.165) is 51.9 Å². The highest BCUT2D eigenvalue weighted by molar-refractivity contribution is 5.76. The van der Waals surface area contributed by atoms with Crippen LogP contribution in [0.25, 0.3) is 0 Å². The van der Waals surface area contributed by atoms with E-state index in [9.17, 15) is 9.59 Å². The predicted molar refractivity (Wildman–Crippen MR) is 97.8 cm³/mol. The molecule has 0 aliphatic carbocycles. The lowest BCUT2D eigenvalue weighted by Gasteiger charge is -2.15. The van der Waals surface area contributed by atoms with Crippen molar-refractivity contribution in [2.75, 3.05) is 26.2 Å². The molecule has 0 aromatic carbocycles. The van der Waals surface area contributed by atoms with Crippen molar-refractivity contribution < 1.29 is 9.59 Å². The molecule has 0 aromatic rings. The lowest BCUT2D eigenvalue weighted by atomic mass is 10.1. The fourth-order valence-corrected chi connectivity index (χ4v) is 3.86. The van der Waals surface area contributed by atoms with Crippen LogP contribution in [0.5, 0.6) is 0 Å². The van der Waals surface area contributed by atoms with Crippen LogP contribution in [-0.2, 0) is 9.59 Å². The van der Waals surface area contributed by atoms with Crippen molar-refractivity contribution in [1.82, 2.24) is 9.80 Å². The summed E-state index contributed by atoms with van der Waals surface area (Å²) in [4.78, 5) is 27.9. The first-order valence-electron chi connectivity index (χ1n) is 10.3. The fraction of sp³-hybridized carbons (Fsp3) is 0.900. The summed E-state index contributed by atoms with van der Waals surface area (Å²) in [5, 5.41) is 0. The van der Waals surface area contributed by atoms with Crippen LogP contribution >= 0.6 is 0 Å². The minimum atomic E-state index is 0.371. The summed E-state index contributed by atoms with van der Waals surface area (Å²) < 4.78 is 0. The van der Waals surface area contributed by atoms with Crippen molar-refractivity contribution in [2.45, 2.75) is 89.9 Å². The van der Waals surface area contributed by atoms with E-state index in [-0.39, 0.29) is 0 Å². The molecule has 0 radical (unpaired) electrons. The molecule has 24 heavy (non-hydrogen) atoms. The topological polar surface area (TPSA) is 40.6 Å². The number of amides is 2. The Morgan fingerprint density at radius 2 is 0.792 bits per heavy atom. The molecule has 0 bridgehead atoms. The number of unbranched alkanes of at least 4 members (excludes halogenated alkanes) is 7. The van der Waals surface area contributed by atoms with E-state index in [1.54, 1.807) is 0 Å². The monoisotopic (exact) mass is 336 g/mol. The minimum absolute atomic E-state index is 0.371. The number of carbonyl (C=O) groups is 2. The van der Waals surface area contributed by atoms with Crippen molar-refractivity contribution in [3.63, 3.8) is 0 Å². The van der Waals surface area contributed by atoms with E-state index in [0.29, 0.717) is 11.8 Å². The summed E-state index contributed by atoms with van der Waals surface area (Å²) in [6.07, 6.45) is 15.8. The molecule has 2 saturated heterocycles. The summed E-state index contributed by atoms with van der Waals surface area (Å²) in [5.74, 6) is 0.741. The highest BCUT2D eigenvalue weighted by Gasteiger charge is 2.17. The molecule has 0 saturated carbocycles. The third kappa shape index (κ3) is 7.23. The van der Waals surface area contributed by atoms with Gasteiger partial charge in [-0.05, 0) is 38.5 Å². The van der Waals surface area contributed by atoms with Crippen molar-refractivity contribution in [2.24, 2.45) is 0 Å². The summed E-state index contributed by atoms with van der Waals surface area (Å²) in [6, 6.07) is 0. The molecule has 138 valence electrons. The van der Waals surface area contributed by atoms with Crippen LogP contribution in [0.1, 0.15) is 89.9 Å². The second-order valence-electron chi connectivity index (χ2n) is 7.50. The first-order valence-corrected chi connectivity index (χ1v) is 10.3. The smallest absolute Gasteiger partial charge is 0.222 e. The van der Waals surface area contributed by atoms with Crippen LogP contribution < -0.4 is 0 Å². The van der Waals surface area contributed by atoms with E-state index in [1.165, 1.54) is 64.2 Å². The quantitative estimate of drug-likeness (QED) is 0.532. The molecular weight excluding hydrogens is 300 g/mol. The van der Waals surface area contributed by atoms with Gasteiger partial charge in [-0.2, -0.15) is 0 Å². The SMILES string of the molecule is O=C(CCCCCCCCCCC(=O)N1CCCC1)N1CCCC1. The zero-order chi connectivity index (χ0) is 17.0. The third-order valence-corrected chi connectivity index (χ3v) is 5.45. The van der Waals surface area contributed by atoms with Gasteiger partial charge in [-0.3, -0.25) is 9.59 Å². The second kappa shape index (κ2) is 11.5. The molecular formula is C20H36N2O2. The molecule has 0 unspecified atom stereocenters. The van der Waals surface area contributed by atoms with Crippen LogP contribution in [-0.4, -0.2) is 47.8 Å². The van der Waals surface area contributed by atoms with Crippen LogP contribution in [0.15, 0.2) is 0 Å². The number of nitrogens with zero attached hydrogens (tertiary/aromatic N) is 2. The largest absolute Gasteiger partial charge is 0.343 e. The Balaban J connectivity index is 1.33. The van der Waals surface area contributed by atoms with Crippen LogP contribution in [0.4, 0.5) is 0 Å². The van der Waals surface area contributed by atoms with Gasteiger partial charge in [0.25, 0.3) is 0 Å². The molecule has 2 rings (SSSR count). The Morgan fingerprint density at radius 3 is 1.12 bits per heavy atom. The van der Waals surface area contributed by atoms with E-state index < -0.39 is 0 Å². The summed E-state index contributed by atoms with van der Waals surface area (Å²) >= 11 is 0. The van der Waals surface area contributed by atoms with Gasteiger partial charge in [0.1, 0.15) is 0 Å². The average Bonchev–Trinajstić information content (AvgIpc) is 3.29. The van der Waals surface area contributed by atoms with Crippen molar-refractivity contribution in [3.05, 3.63) is 0 Å². The van der Waals surface area contributed by atoms with Crippen LogP contribution in [0.3, 0.4) is 0 Å². The number of likely N-dealkylation sites (tertiary alicyclic amines) is 2. The van der Waals surface area contributed by atoms with Gasteiger partial charge in [-0.15, -0.1) is 0 Å². The molecule has 2 amide bonds. The molecule has 2 aliphatic rings. The number of rotatable bonds is 11. The maximum atomic E-state index is 11.9. The molecule has 0 atom stereocenters. The lowest BCUT2D eigenvalue weighted by molar-refractivity contribution is -0.131. The molecule has 0 N–H and O–H groups in total. The molecule has 2 aliphatic heterocycles. The fourth-order valence-electron chi connectivity index (χ4n) is 3.86. The average molecular weight is 337 g/mol. The van der Waals surface area contributed by atoms with Gasteiger partial charge in [0.15, 0.2) is 0 Å². The van der Waals surface area contributed by atoms with Gasteiger partial charge in [0.05, 0.1) is 0 Å². The van der Waals surface area contributed by atoms with E-state index >= 15 is 0 Å². The Kier molecular flexibility index (Phi) is 9.22. The van der Waals surface area contributed by atoms with Crippen molar-refractivity contribution in [3.8, 4) is 0 Å². The van der Waals surface area contributed by atoms with Crippen LogP contribution in [0.2, 0.25) is 0 Å². The Bertz CT molecular complexity index is 336. The van der Waals surface area contributed by atoms with Crippen molar-refractivity contribution in [1.29, 1.82) is 0 Å². The number of hydrogen-bond donors (Lipinski definition) is 0. The minimum Gasteiger partial charge on any atom is -0.343 e. The van der Waals surface area contributed by atoms with Gasteiger partial charge in [-0.1, -0.05) is 38.5 Å². The first-order chi connectivity index (χ1) is 11.8. The molecule has 4 heteroatoms. The lowest BCUT2D eigenvalue weighted by Crippen LogP contribution is -2.27. The number of carbonyl (C=O) groups excluding carboxylic acids is 2. The van der Waals surface area contributed by atoms with Gasteiger partial charge in [0, 0.05) is 39.0 Å². The van der Waals surface area contributed by atoms with Crippen LogP contribution in [0, 0.1) is 0 Å². The van der Waals surface area contributed by atoms with Gasteiger partial charge < -0.3 is 9.80 Å². The molecule has 4 nitrogen and oxygen atoms in total. The Morgan fingerprint density at radius 1 is 0.500 bits per heavy atom. The highest BCUT2D eigenvalue weighted by Crippen LogP contribution is 2.15. The summed E-state index contributed by atoms with van der Waals surface area (Å²) in [5.41, 5.74) is 0. The summed E-state index contributed by atoms with van der Waals surface area (Å²) in [7, 11) is 0. The maximum absolute atomic E-state index is 11.9.